The van der Waals surface area contributed by atoms with Gasteiger partial charge < -0.3 is 15.7 Å². The minimum atomic E-state index is -2.38. The van der Waals surface area contributed by atoms with Crippen LogP contribution in [0.1, 0.15) is 34.3 Å². The molecular formula is C28H27F3N3O2Si+. The number of carboxylic acid groups (broad SMARTS) is 1. The number of nitrogens with two attached hydrogens (primary N) is 1. The number of nitrogens with zero attached hydrogens (tertiary/aromatic N) is 2. The fraction of sp³-hybridized carbons (Fsp3) is 0.286. The van der Waals surface area contributed by atoms with Crippen molar-refractivity contribution < 1.29 is 27.6 Å². The molecule has 0 atom stereocenters. The lowest BCUT2D eigenvalue weighted by atomic mass is 9.86. The molecule has 0 radical (unpaired) electrons. The van der Waals surface area contributed by atoms with Crippen molar-refractivity contribution in [3.8, 4) is 0 Å². The van der Waals surface area contributed by atoms with Crippen LogP contribution in [-0.4, -0.2) is 55.6 Å². The highest BCUT2D eigenvalue weighted by molar-refractivity contribution is 6.98. The molecule has 3 heterocycles. The highest BCUT2D eigenvalue weighted by atomic mass is 28.3. The number of anilines is 2. The minimum Gasteiger partial charge on any atom is -0.478 e. The summed E-state index contributed by atoms with van der Waals surface area (Å²) in [6, 6.07) is 5.91. The molecule has 3 N–H and O–H groups in total. The number of rotatable bonds is 3. The maximum Gasteiger partial charge on any atom is 0.339 e. The van der Waals surface area contributed by atoms with Crippen LogP contribution in [0.3, 0.4) is 0 Å². The highest BCUT2D eigenvalue weighted by Crippen LogP contribution is 2.45. The van der Waals surface area contributed by atoms with Crippen LogP contribution in [0.15, 0.2) is 47.2 Å². The smallest absolute Gasteiger partial charge is 0.339 e. The van der Waals surface area contributed by atoms with Crippen LogP contribution in [0.25, 0.3) is 5.57 Å². The Bertz CT molecular complexity index is 1530. The van der Waals surface area contributed by atoms with Crippen LogP contribution in [0, 0.1) is 17.5 Å². The molecule has 3 aliphatic heterocycles. The molecule has 0 amide bonds. The van der Waals surface area contributed by atoms with E-state index in [4.69, 9.17) is 5.73 Å². The molecule has 4 aliphatic rings. The average Bonchev–Trinajstić information content (AvgIpc) is 2.79. The summed E-state index contributed by atoms with van der Waals surface area (Å²) < 4.78 is 47.5. The Labute approximate surface area is 213 Å². The van der Waals surface area contributed by atoms with Gasteiger partial charge >= 0.3 is 5.97 Å². The second-order valence-electron chi connectivity index (χ2n) is 10.6. The number of aromatic carboxylic acids is 1. The molecule has 37 heavy (non-hydrogen) atoms. The third kappa shape index (κ3) is 3.36. The van der Waals surface area contributed by atoms with Gasteiger partial charge in [0.25, 0.3) is 0 Å². The fourth-order valence-corrected chi connectivity index (χ4v) is 8.82. The van der Waals surface area contributed by atoms with E-state index in [1.54, 1.807) is 0 Å². The number of benzene rings is 2. The average molecular weight is 523 g/mol. The molecule has 2 saturated heterocycles. The van der Waals surface area contributed by atoms with E-state index < -0.39 is 48.3 Å². The number of carbonyl (C=O) groups is 1. The molecule has 0 bridgehead atoms. The van der Waals surface area contributed by atoms with Gasteiger partial charge in [0.15, 0.2) is 23.2 Å². The Hall–Kier alpha value is -3.59. The summed E-state index contributed by atoms with van der Waals surface area (Å²) in [5.41, 5.74) is 6.67. The summed E-state index contributed by atoms with van der Waals surface area (Å²) in [6.45, 7) is 8.23. The van der Waals surface area contributed by atoms with Crippen molar-refractivity contribution in [1.82, 2.24) is 0 Å². The third-order valence-electron chi connectivity index (χ3n) is 8.15. The van der Waals surface area contributed by atoms with Crippen molar-refractivity contribution >= 4 is 41.9 Å². The van der Waals surface area contributed by atoms with Gasteiger partial charge in [-0.3, -0.25) is 0 Å². The minimum absolute atomic E-state index is 0.239. The largest absolute Gasteiger partial charge is 0.478 e. The SMILES string of the molecule is C[Si]1(C)C2=CC(=[N+]3CCC3)C=CC2=C(c2c(F)c(N)c(F)c(F)c2C(=O)O)c2ccc(N3CCC3)cc21. The van der Waals surface area contributed by atoms with E-state index in [0.29, 0.717) is 11.1 Å². The van der Waals surface area contributed by atoms with Gasteiger partial charge in [-0.15, -0.1) is 0 Å². The predicted molar refractivity (Wildman–Crippen MR) is 141 cm³/mol. The second kappa shape index (κ2) is 8.21. The fourth-order valence-electron chi connectivity index (χ4n) is 5.75. The zero-order valence-electron chi connectivity index (χ0n) is 20.7. The first-order chi connectivity index (χ1) is 17.6. The lowest BCUT2D eigenvalue weighted by molar-refractivity contribution is -0.582. The van der Waals surface area contributed by atoms with E-state index in [1.807, 2.05) is 24.3 Å². The monoisotopic (exact) mass is 522 g/mol. The van der Waals surface area contributed by atoms with Gasteiger partial charge in [-0.25, -0.2) is 22.5 Å². The number of nitrogen functional groups attached to an aromatic ring is 1. The summed E-state index contributed by atoms with van der Waals surface area (Å²) in [7, 11) is -2.38. The molecule has 6 rings (SSSR count). The van der Waals surface area contributed by atoms with Gasteiger partial charge in [0, 0.05) is 36.5 Å². The van der Waals surface area contributed by atoms with Crippen LogP contribution in [-0.2, 0) is 0 Å². The van der Waals surface area contributed by atoms with E-state index in [-0.39, 0.29) is 5.57 Å². The van der Waals surface area contributed by atoms with Crippen molar-refractivity contribution in [2.75, 3.05) is 36.8 Å². The van der Waals surface area contributed by atoms with E-state index in [2.05, 4.69) is 34.7 Å². The molecule has 0 saturated carbocycles. The van der Waals surface area contributed by atoms with Crippen LogP contribution in [0.4, 0.5) is 24.5 Å². The lowest BCUT2D eigenvalue weighted by Crippen LogP contribution is -2.50. The van der Waals surface area contributed by atoms with Crippen molar-refractivity contribution in [3.63, 3.8) is 0 Å². The Kier molecular flexibility index (Phi) is 5.28. The van der Waals surface area contributed by atoms with E-state index >= 15 is 8.78 Å². The molecule has 0 spiro atoms. The summed E-state index contributed by atoms with van der Waals surface area (Å²) in [5.74, 6) is -6.36. The van der Waals surface area contributed by atoms with Gasteiger partial charge in [0.1, 0.15) is 32.4 Å². The topological polar surface area (TPSA) is 69.6 Å². The van der Waals surface area contributed by atoms with E-state index in [9.17, 15) is 14.3 Å². The first kappa shape index (κ1) is 23.8. The van der Waals surface area contributed by atoms with Crippen molar-refractivity contribution in [2.45, 2.75) is 25.9 Å². The number of carboxylic acids is 1. The van der Waals surface area contributed by atoms with Crippen LogP contribution in [0.5, 0.6) is 0 Å². The number of fused-ring (bicyclic) bond motifs is 2. The first-order valence-corrected chi connectivity index (χ1v) is 15.5. The molecule has 1 aliphatic carbocycles. The van der Waals surface area contributed by atoms with Crippen LogP contribution in [0.2, 0.25) is 13.1 Å². The van der Waals surface area contributed by atoms with Crippen molar-refractivity contribution in [2.24, 2.45) is 0 Å². The van der Waals surface area contributed by atoms with E-state index in [0.717, 1.165) is 60.8 Å². The van der Waals surface area contributed by atoms with Gasteiger partial charge in [0.2, 0.25) is 0 Å². The second-order valence-corrected chi connectivity index (χ2v) is 14.9. The van der Waals surface area contributed by atoms with Crippen molar-refractivity contribution in [3.05, 3.63) is 81.3 Å². The van der Waals surface area contributed by atoms with E-state index in [1.165, 1.54) is 0 Å². The Morgan fingerprint density at radius 1 is 1.05 bits per heavy atom. The molecule has 2 aromatic rings. The maximum absolute atomic E-state index is 15.7. The predicted octanol–water partition coefficient (Wildman–Crippen LogP) is 4.22. The van der Waals surface area contributed by atoms with Gasteiger partial charge in [-0.2, -0.15) is 0 Å². The van der Waals surface area contributed by atoms with Crippen LogP contribution < -0.4 is 15.8 Å². The Morgan fingerprint density at radius 2 is 1.78 bits per heavy atom. The first-order valence-electron chi connectivity index (χ1n) is 12.5. The Morgan fingerprint density at radius 3 is 2.38 bits per heavy atom. The van der Waals surface area contributed by atoms with Gasteiger partial charge in [0.05, 0.1) is 6.42 Å². The normalized spacial score (nSPS) is 19.7. The molecule has 2 fully saturated rings. The van der Waals surface area contributed by atoms with Crippen molar-refractivity contribution in [1.29, 1.82) is 0 Å². The number of hydrogen-bond acceptors (Lipinski definition) is 3. The number of hydrogen-bond donors (Lipinski definition) is 2. The molecule has 9 heteroatoms. The summed E-state index contributed by atoms with van der Waals surface area (Å²) in [4.78, 5) is 14.5. The molecule has 2 aromatic carbocycles. The summed E-state index contributed by atoms with van der Waals surface area (Å²) in [6.07, 6.45) is 8.13. The standard InChI is InChI=1S/C28H26F3N3O2Si/c1-37(2)19-13-15(33-9-3-10-33)5-7-17(19)21(18-8-6-16(14-20(18)37)34-11-4-12-34)22-23(28(35)36)24(29)26(31)27(32)25(22)30/h5-8,13-14H,3-4,9-12,32H2,1-2H3/p+1. The zero-order chi connectivity index (χ0) is 26.2. The molecule has 190 valence electrons. The number of allylic oxidation sites excluding steroid dienone is 5. The summed E-state index contributed by atoms with van der Waals surface area (Å²) >= 11 is 0. The Balaban J connectivity index is 1.72. The molecule has 0 unspecified atom stereocenters. The van der Waals surface area contributed by atoms with Gasteiger partial charge in [-0.05, 0) is 51.7 Å². The summed E-state index contributed by atoms with van der Waals surface area (Å²) in [5, 5.41) is 11.9. The third-order valence-corrected chi connectivity index (χ3v) is 11.7. The molecular weight excluding hydrogens is 495 g/mol. The van der Waals surface area contributed by atoms with Gasteiger partial charge in [-0.1, -0.05) is 19.2 Å². The molecule has 0 aromatic heterocycles. The van der Waals surface area contributed by atoms with Crippen LogP contribution >= 0.6 is 0 Å². The number of halogens is 3. The highest BCUT2D eigenvalue weighted by Gasteiger charge is 2.43. The zero-order valence-corrected chi connectivity index (χ0v) is 21.7. The maximum atomic E-state index is 15.7. The molecule has 5 nitrogen and oxygen atoms in total. The quantitative estimate of drug-likeness (QED) is 0.274. The lowest BCUT2D eigenvalue weighted by Gasteiger charge is -2.40.